The summed E-state index contributed by atoms with van der Waals surface area (Å²) in [5.41, 5.74) is 5.84. The van der Waals surface area contributed by atoms with Gasteiger partial charge in [0, 0.05) is 12.1 Å². The number of hydrogen-bond donors (Lipinski definition) is 2. The Bertz CT molecular complexity index is 753. The SMILES string of the molecule is CC(CN)CNC(=O)c1occc1CS(=O)(=O)c1ccccc1. The largest absolute Gasteiger partial charge is 0.459 e. The number of rotatable bonds is 7. The van der Waals surface area contributed by atoms with Crippen molar-refractivity contribution < 1.29 is 17.6 Å². The molecule has 2 rings (SSSR count). The summed E-state index contributed by atoms with van der Waals surface area (Å²) in [5, 5.41) is 2.69. The Morgan fingerprint density at radius 1 is 1.26 bits per heavy atom. The summed E-state index contributed by atoms with van der Waals surface area (Å²) in [6.45, 7) is 2.76. The number of hydrogen-bond acceptors (Lipinski definition) is 5. The molecule has 3 N–H and O–H groups in total. The molecule has 0 saturated carbocycles. The minimum absolute atomic E-state index is 0.0220. The molecular weight excluding hydrogens is 316 g/mol. The first-order valence-corrected chi connectivity index (χ1v) is 8.91. The topological polar surface area (TPSA) is 102 Å². The van der Waals surface area contributed by atoms with Gasteiger partial charge in [0.15, 0.2) is 15.6 Å². The highest BCUT2D eigenvalue weighted by atomic mass is 32.2. The first-order valence-electron chi connectivity index (χ1n) is 7.26. The maximum atomic E-state index is 12.4. The van der Waals surface area contributed by atoms with Crippen molar-refractivity contribution in [3.8, 4) is 0 Å². The maximum absolute atomic E-state index is 12.4. The minimum Gasteiger partial charge on any atom is -0.459 e. The van der Waals surface area contributed by atoms with E-state index in [2.05, 4.69) is 5.32 Å². The second-order valence-corrected chi connectivity index (χ2v) is 7.39. The summed E-state index contributed by atoms with van der Waals surface area (Å²) in [6.07, 6.45) is 1.32. The molecule has 1 heterocycles. The molecule has 0 saturated heterocycles. The normalized spacial score (nSPS) is 12.8. The van der Waals surface area contributed by atoms with E-state index in [1.807, 2.05) is 6.92 Å². The molecule has 0 aliphatic carbocycles. The first-order chi connectivity index (χ1) is 10.9. The molecule has 0 fully saturated rings. The lowest BCUT2D eigenvalue weighted by Crippen LogP contribution is -2.31. The Hall–Kier alpha value is -2.12. The third kappa shape index (κ3) is 4.43. The molecule has 124 valence electrons. The van der Waals surface area contributed by atoms with Crippen LogP contribution in [-0.4, -0.2) is 27.4 Å². The molecular formula is C16H20N2O4S. The van der Waals surface area contributed by atoms with E-state index in [9.17, 15) is 13.2 Å². The van der Waals surface area contributed by atoms with Crippen LogP contribution in [0.4, 0.5) is 0 Å². The van der Waals surface area contributed by atoms with E-state index >= 15 is 0 Å². The van der Waals surface area contributed by atoms with Gasteiger partial charge in [-0.05, 0) is 30.7 Å². The van der Waals surface area contributed by atoms with Crippen molar-refractivity contribution in [3.63, 3.8) is 0 Å². The molecule has 1 unspecified atom stereocenters. The number of nitrogens with one attached hydrogen (secondary N) is 1. The van der Waals surface area contributed by atoms with Crippen molar-refractivity contribution in [1.29, 1.82) is 0 Å². The molecule has 0 radical (unpaired) electrons. The van der Waals surface area contributed by atoms with Crippen molar-refractivity contribution in [2.24, 2.45) is 11.7 Å². The van der Waals surface area contributed by atoms with Crippen LogP contribution in [0.3, 0.4) is 0 Å². The van der Waals surface area contributed by atoms with Gasteiger partial charge in [0.05, 0.1) is 16.9 Å². The molecule has 23 heavy (non-hydrogen) atoms. The Morgan fingerprint density at radius 3 is 2.61 bits per heavy atom. The van der Waals surface area contributed by atoms with Crippen LogP contribution in [-0.2, 0) is 15.6 Å². The van der Waals surface area contributed by atoms with Crippen LogP contribution in [0, 0.1) is 5.92 Å². The van der Waals surface area contributed by atoms with Crippen molar-refractivity contribution in [1.82, 2.24) is 5.32 Å². The van der Waals surface area contributed by atoms with Crippen LogP contribution in [0.2, 0.25) is 0 Å². The maximum Gasteiger partial charge on any atom is 0.287 e. The summed E-state index contributed by atoms with van der Waals surface area (Å²) in [7, 11) is -3.54. The van der Waals surface area contributed by atoms with Crippen LogP contribution in [0.25, 0.3) is 0 Å². The van der Waals surface area contributed by atoms with Gasteiger partial charge in [-0.25, -0.2) is 8.42 Å². The van der Waals surface area contributed by atoms with E-state index in [-0.39, 0.29) is 22.3 Å². The van der Waals surface area contributed by atoms with E-state index in [1.54, 1.807) is 18.2 Å². The summed E-state index contributed by atoms with van der Waals surface area (Å²) in [6, 6.07) is 9.61. The van der Waals surface area contributed by atoms with Gasteiger partial charge in [-0.3, -0.25) is 4.79 Å². The number of nitrogens with two attached hydrogens (primary N) is 1. The molecule has 7 heteroatoms. The highest BCUT2D eigenvalue weighted by Gasteiger charge is 2.22. The Kier molecular flexibility index (Phi) is 5.57. The fourth-order valence-corrected chi connectivity index (χ4v) is 3.37. The van der Waals surface area contributed by atoms with Gasteiger partial charge in [0.2, 0.25) is 0 Å². The van der Waals surface area contributed by atoms with E-state index in [4.69, 9.17) is 10.2 Å². The van der Waals surface area contributed by atoms with Crippen LogP contribution < -0.4 is 11.1 Å². The summed E-state index contributed by atoms with van der Waals surface area (Å²) >= 11 is 0. The van der Waals surface area contributed by atoms with Gasteiger partial charge in [0.25, 0.3) is 5.91 Å². The van der Waals surface area contributed by atoms with Crippen LogP contribution >= 0.6 is 0 Å². The predicted molar refractivity (Wildman–Crippen MR) is 86.6 cm³/mol. The number of carbonyl (C=O) groups excluding carboxylic acids is 1. The zero-order valence-electron chi connectivity index (χ0n) is 12.9. The van der Waals surface area contributed by atoms with Gasteiger partial charge < -0.3 is 15.5 Å². The van der Waals surface area contributed by atoms with Gasteiger partial charge in [-0.1, -0.05) is 25.1 Å². The third-order valence-corrected chi connectivity index (χ3v) is 5.10. The van der Waals surface area contributed by atoms with Crippen molar-refractivity contribution in [3.05, 3.63) is 54.0 Å². The molecule has 2 aromatic rings. The van der Waals surface area contributed by atoms with Gasteiger partial charge >= 0.3 is 0 Å². The lowest BCUT2D eigenvalue weighted by atomic mass is 10.2. The summed E-state index contributed by atoms with van der Waals surface area (Å²) in [4.78, 5) is 12.3. The molecule has 0 spiro atoms. The monoisotopic (exact) mass is 336 g/mol. The molecule has 0 aliphatic heterocycles. The molecule has 1 aromatic carbocycles. The number of sulfone groups is 1. The second-order valence-electron chi connectivity index (χ2n) is 5.40. The van der Waals surface area contributed by atoms with E-state index in [0.29, 0.717) is 18.7 Å². The minimum atomic E-state index is -3.54. The summed E-state index contributed by atoms with van der Waals surface area (Å²) < 4.78 is 30.0. The number of furan rings is 1. The van der Waals surface area contributed by atoms with Crippen molar-refractivity contribution >= 4 is 15.7 Å². The van der Waals surface area contributed by atoms with E-state index in [0.717, 1.165) is 0 Å². The molecule has 0 aliphatic rings. The standard InChI is InChI=1S/C16H20N2O4S/c1-12(9-17)10-18-16(19)15-13(7-8-22-15)11-23(20,21)14-5-3-2-4-6-14/h2-8,12H,9-11,17H2,1H3,(H,18,19). The second kappa shape index (κ2) is 7.43. The first kappa shape index (κ1) is 17.2. The van der Waals surface area contributed by atoms with E-state index < -0.39 is 15.7 Å². The smallest absolute Gasteiger partial charge is 0.287 e. The Balaban J connectivity index is 2.14. The molecule has 6 nitrogen and oxygen atoms in total. The predicted octanol–water partition coefficient (Wildman–Crippen LogP) is 1.58. The van der Waals surface area contributed by atoms with Crippen LogP contribution in [0.1, 0.15) is 23.0 Å². The quantitative estimate of drug-likeness (QED) is 0.799. The average Bonchev–Trinajstić information content (AvgIpc) is 3.00. The Morgan fingerprint density at radius 2 is 1.96 bits per heavy atom. The highest BCUT2D eigenvalue weighted by molar-refractivity contribution is 7.90. The fraction of sp³-hybridized carbons (Fsp3) is 0.312. The fourth-order valence-electron chi connectivity index (χ4n) is 1.99. The number of benzene rings is 1. The summed E-state index contributed by atoms with van der Waals surface area (Å²) in [5.74, 6) is -0.574. The van der Waals surface area contributed by atoms with E-state index in [1.165, 1.54) is 24.5 Å². The number of carbonyl (C=O) groups is 1. The zero-order valence-corrected chi connectivity index (χ0v) is 13.7. The van der Waals surface area contributed by atoms with Crippen LogP contribution in [0.15, 0.2) is 52.0 Å². The highest BCUT2D eigenvalue weighted by Crippen LogP contribution is 2.19. The molecule has 1 amide bonds. The zero-order chi connectivity index (χ0) is 16.9. The third-order valence-electron chi connectivity index (χ3n) is 3.41. The lowest BCUT2D eigenvalue weighted by molar-refractivity contribution is 0.0920. The molecule has 0 bridgehead atoms. The van der Waals surface area contributed by atoms with Crippen molar-refractivity contribution in [2.75, 3.05) is 13.1 Å². The van der Waals surface area contributed by atoms with Gasteiger partial charge in [-0.2, -0.15) is 0 Å². The molecule has 1 aromatic heterocycles. The van der Waals surface area contributed by atoms with Gasteiger partial charge in [-0.15, -0.1) is 0 Å². The Labute approximate surface area is 135 Å². The number of amides is 1. The van der Waals surface area contributed by atoms with Crippen LogP contribution in [0.5, 0.6) is 0 Å². The van der Waals surface area contributed by atoms with Crippen molar-refractivity contribution in [2.45, 2.75) is 17.6 Å². The average molecular weight is 336 g/mol. The molecule has 1 atom stereocenters. The lowest BCUT2D eigenvalue weighted by Gasteiger charge is -2.10. The van der Waals surface area contributed by atoms with Gasteiger partial charge in [0.1, 0.15) is 0 Å².